The van der Waals surface area contributed by atoms with Gasteiger partial charge < -0.3 is 5.32 Å². The Kier molecular flexibility index (Phi) is 4.46. The highest BCUT2D eigenvalue weighted by molar-refractivity contribution is 7.99. The van der Waals surface area contributed by atoms with E-state index in [0.29, 0.717) is 0 Å². The van der Waals surface area contributed by atoms with Crippen molar-refractivity contribution in [3.8, 4) is 0 Å². The Morgan fingerprint density at radius 3 is 2.85 bits per heavy atom. The van der Waals surface area contributed by atoms with Crippen LogP contribution < -0.4 is 5.32 Å². The van der Waals surface area contributed by atoms with Gasteiger partial charge in [-0.3, -0.25) is 0 Å². The molecule has 1 aromatic rings. The number of nitrogens with one attached hydrogen (secondary N) is 1. The Morgan fingerprint density at radius 2 is 2.23 bits per heavy atom. The van der Waals surface area contributed by atoms with E-state index < -0.39 is 0 Å². The van der Waals surface area contributed by atoms with E-state index in [2.05, 4.69) is 18.3 Å². The van der Waals surface area contributed by atoms with Crippen LogP contribution in [-0.2, 0) is 0 Å². The average molecular weight is 216 g/mol. The molecule has 1 N–H and O–H groups in total. The largest absolute Gasteiger partial charge is 0.387 e. The monoisotopic (exact) mass is 215 g/mol. The smallest absolute Gasteiger partial charge is 0.0490 e. The zero-order valence-corrected chi connectivity index (χ0v) is 9.50. The normalized spacial score (nSPS) is 10.1. The molecule has 0 atom stereocenters. The van der Waals surface area contributed by atoms with Gasteiger partial charge in [0.2, 0.25) is 0 Å². The third-order valence-electron chi connectivity index (χ3n) is 1.67. The van der Waals surface area contributed by atoms with Gasteiger partial charge in [0.25, 0.3) is 0 Å². The highest BCUT2D eigenvalue weighted by Crippen LogP contribution is 2.29. The molecule has 0 aliphatic heterocycles. The van der Waals surface area contributed by atoms with Crippen LogP contribution in [0.2, 0.25) is 5.02 Å². The summed E-state index contributed by atoms with van der Waals surface area (Å²) in [7, 11) is 1.92. The van der Waals surface area contributed by atoms with Gasteiger partial charge in [-0.2, -0.15) is 0 Å². The van der Waals surface area contributed by atoms with Crippen LogP contribution in [0.3, 0.4) is 0 Å². The third-order valence-corrected chi connectivity index (χ3v) is 3.19. The number of halogens is 1. The van der Waals surface area contributed by atoms with Crippen LogP contribution in [0, 0.1) is 0 Å². The molecule has 0 aromatic heterocycles. The zero-order chi connectivity index (χ0) is 9.68. The number of thioether (sulfide) groups is 1. The molecule has 0 radical (unpaired) electrons. The predicted molar refractivity (Wildman–Crippen MR) is 62.0 cm³/mol. The van der Waals surface area contributed by atoms with Crippen molar-refractivity contribution in [1.29, 1.82) is 0 Å². The summed E-state index contributed by atoms with van der Waals surface area (Å²) in [5, 5.41) is 3.92. The molecule has 72 valence electrons. The standard InChI is InChI=1S/C10H14ClNS/c1-3-6-13-10-5-4-8(11)7-9(10)12-2/h4-5,7,12H,3,6H2,1-2H3. The van der Waals surface area contributed by atoms with E-state index in [1.54, 1.807) is 0 Å². The average Bonchev–Trinajstić information content (AvgIpc) is 2.16. The summed E-state index contributed by atoms with van der Waals surface area (Å²) in [6.07, 6.45) is 1.19. The van der Waals surface area contributed by atoms with Gasteiger partial charge in [-0.25, -0.2) is 0 Å². The topological polar surface area (TPSA) is 12.0 Å². The summed E-state index contributed by atoms with van der Waals surface area (Å²) in [5.41, 5.74) is 1.12. The van der Waals surface area contributed by atoms with Gasteiger partial charge in [-0.1, -0.05) is 18.5 Å². The van der Waals surface area contributed by atoms with Gasteiger partial charge >= 0.3 is 0 Å². The molecule has 0 spiro atoms. The maximum absolute atomic E-state index is 5.88. The molecule has 3 heteroatoms. The molecule has 1 nitrogen and oxygen atoms in total. The third kappa shape index (κ3) is 3.12. The van der Waals surface area contributed by atoms with Gasteiger partial charge in [0, 0.05) is 22.7 Å². The van der Waals surface area contributed by atoms with Crippen molar-refractivity contribution in [2.75, 3.05) is 18.1 Å². The molecule has 0 saturated carbocycles. The van der Waals surface area contributed by atoms with Crippen molar-refractivity contribution >= 4 is 29.1 Å². The van der Waals surface area contributed by atoms with Gasteiger partial charge in [-0.05, 0) is 30.4 Å². The van der Waals surface area contributed by atoms with E-state index >= 15 is 0 Å². The van der Waals surface area contributed by atoms with Crippen LogP contribution in [0.15, 0.2) is 23.1 Å². The first-order chi connectivity index (χ1) is 6.27. The van der Waals surface area contributed by atoms with Crippen LogP contribution in [0.1, 0.15) is 13.3 Å². The summed E-state index contributed by atoms with van der Waals surface area (Å²) < 4.78 is 0. The molecule has 0 unspecified atom stereocenters. The Morgan fingerprint density at radius 1 is 1.46 bits per heavy atom. The predicted octanol–water partition coefficient (Wildman–Crippen LogP) is 3.88. The maximum atomic E-state index is 5.88. The van der Waals surface area contributed by atoms with Crippen LogP contribution in [-0.4, -0.2) is 12.8 Å². The Hall–Kier alpha value is -0.340. The van der Waals surface area contributed by atoms with Crippen LogP contribution >= 0.6 is 23.4 Å². The molecule has 0 amide bonds. The summed E-state index contributed by atoms with van der Waals surface area (Å²) >= 11 is 7.74. The summed E-state index contributed by atoms with van der Waals surface area (Å²) in [6.45, 7) is 2.18. The molecular weight excluding hydrogens is 202 g/mol. The molecule has 1 rings (SSSR count). The number of anilines is 1. The molecule has 0 fully saturated rings. The number of benzene rings is 1. The second-order valence-electron chi connectivity index (χ2n) is 2.74. The first kappa shape index (κ1) is 10.7. The van der Waals surface area contributed by atoms with E-state index in [1.165, 1.54) is 11.3 Å². The number of hydrogen-bond acceptors (Lipinski definition) is 2. The fourth-order valence-corrected chi connectivity index (χ4v) is 2.11. The molecule has 1 aromatic carbocycles. The lowest BCUT2D eigenvalue weighted by atomic mass is 10.3. The van der Waals surface area contributed by atoms with Crippen molar-refractivity contribution in [3.05, 3.63) is 23.2 Å². The molecule has 0 heterocycles. The van der Waals surface area contributed by atoms with Gasteiger partial charge in [0.05, 0.1) is 0 Å². The molecule has 0 aliphatic rings. The van der Waals surface area contributed by atoms with Gasteiger partial charge in [0.15, 0.2) is 0 Å². The molecular formula is C10H14ClNS. The highest BCUT2D eigenvalue weighted by Gasteiger charge is 2.01. The molecule has 0 bridgehead atoms. The lowest BCUT2D eigenvalue weighted by Gasteiger charge is -2.08. The van der Waals surface area contributed by atoms with E-state index in [-0.39, 0.29) is 0 Å². The highest BCUT2D eigenvalue weighted by atomic mass is 35.5. The van der Waals surface area contributed by atoms with Crippen molar-refractivity contribution < 1.29 is 0 Å². The summed E-state index contributed by atoms with van der Waals surface area (Å²) in [4.78, 5) is 1.27. The molecule has 0 aliphatic carbocycles. The minimum Gasteiger partial charge on any atom is -0.387 e. The van der Waals surface area contributed by atoms with Crippen LogP contribution in [0.5, 0.6) is 0 Å². The Labute approximate surface area is 88.9 Å². The van der Waals surface area contributed by atoms with Crippen molar-refractivity contribution in [2.45, 2.75) is 18.2 Å². The lowest BCUT2D eigenvalue weighted by Crippen LogP contribution is -1.90. The lowest BCUT2D eigenvalue weighted by molar-refractivity contribution is 1.10. The van der Waals surface area contributed by atoms with Crippen molar-refractivity contribution in [1.82, 2.24) is 0 Å². The maximum Gasteiger partial charge on any atom is 0.0490 e. The fraction of sp³-hybridized carbons (Fsp3) is 0.400. The van der Waals surface area contributed by atoms with E-state index in [0.717, 1.165) is 16.5 Å². The first-order valence-electron chi connectivity index (χ1n) is 4.38. The van der Waals surface area contributed by atoms with Crippen molar-refractivity contribution in [2.24, 2.45) is 0 Å². The van der Waals surface area contributed by atoms with Crippen LogP contribution in [0.4, 0.5) is 5.69 Å². The van der Waals surface area contributed by atoms with E-state index in [9.17, 15) is 0 Å². The summed E-state index contributed by atoms with van der Waals surface area (Å²) in [5.74, 6) is 1.15. The quantitative estimate of drug-likeness (QED) is 0.765. The number of rotatable bonds is 4. The minimum absolute atomic E-state index is 0.783. The van der Waals surface area contributed by atoms with Gasteiger partial charge in [0.1, 0.15) is 0 Å². The Balaban J connectivity index is 2.79. The minimum atomic E-state index is 0.783. The van der Waals surface area contributed by atoms with Gasteiger partial charge in [-0.15, -0.1) is 11.8 Å². The zero-order valence-electron chi connectivity index (χ0n) is 7.93. The Bertz CT molecular complexity index is 276. The van der Waals surface area contributed by atoms with Crippen molar-refractivity contribution in [3.63, 3.8) is 0 Å². The molecule has 13 heavy (non-hydrogen) atoms. The molecule has 0 saturated heterocycles. The fourth-order valence-electron chi connectivity index (χ4n) is 1.04. The van der Waals surface area contributed by atoms with Crippen LogP contribution in [0.25, 0.3) is 0 Å². The van der Waals surface area contributed by atoms with E-state index in [1.807, 2.05) is 30.9 Å². The second-order valence-corrected chi connectivity index (χ2v) is 4.31. The van der Waals surface area contributed by atoms with E-state index in [4.69, 9.17) is 11.6 Å². The summed E-state index contributed by atoms with van der Waals surface area (Å²) in [6, 6.07) is 5.95. The SMILES string of the molecule is CCCSc1ccc(Cl)cc1NC. The number of hydrogen-bond donors (Lipinski definition) is 1. The second kappa shape index (κ2) is 5.40. The first-order valence-corrected chi connectivity index (χ1v) is 5.74.